The van der Waals surface area contributed by atoms with Gasteiger partial charge in [-0.25, -0.2) is 0 Å². The molecule has 18 heavy (non-hydrogen) atoms. The molecule has 1 aromatic rings. The molecule has 1 fully saturated rings. The van der Waals surface area contributed by atoms with Gasteiger partial charge in [0.15, 0.2) is 5.75 Å². The number of rotatable bonds is 3. The summed E-state index contributed by atoms with van der Waals surface area (Å²) in [7, 11) is 1.43. The van der Waals surface area contributed by atoms with Crippen LogP contribution in [0.4, 0.5) is 11.4 Å². The number of hydrogen-bond acceptors (Lipinski definition) is 5. The Kier molecular flexibility index (Phi) is 4.03. The van der Waals surface area contributed by atoms with E-state index in [0.717, 1.165) is 18.8 Å². The second-order valence-electron chi connectivity index (χ2n) is 3.83. The Bertz CT molecular complexity index is 461. The van der Waals surface area contributed by atoms with E-state index in [1.54, 1.807) is 6.07 Å². The van der Waals surface area contributed by atoms with Crippen LogP contribution in [0.5, 0.6) is 5.75 Å². The molecule has 1 saturated heterocycles. The van der Waals surface area contributed by atoms with Crippen molar-refractivity contribution in [3.05, 3.63) is 26.7 Å². The van der Waals surface area contributed by atoms with Crippen LogP contribution < -0.4 is 9.64 Å². The first-order chi connectivity index (χ1) is 8.63. The second-order valence-corrected chi connectivity index (χ2v) is 4.69. The summed E-state index contributed by atoms with van der Waals surface area (Å²) in [6.45, 7) is 2.84. The van der Waals surface area contributed by atoms with Crippen LogP contribution >= 0.6 is 15.9 Å². The molecule has 0 aromatic heterocycles. The number of anilines is 1. The summed E-state index contributed by atoms with van der Waals surface area (Å²) in [5.41, 5.74) is 0.849. The Morgan fingerprint density at radius 1 is 1.44 bits per heavy atom. The Labute approximate surface area is 113 Å². The molecule has 2 rings (SSSR count). The molecule has 0 saturated carbocycles. The zero-order valence-corrected chi connectivity index (χ0v) is 11.5. The average molecular weight is 317 g/mol. The first kappa shape index (κ1) is 13.1. The van der Waals surface area contributed by atoms with E-state index in [9.17, 15) is 10.1 Å². The predicted molar refractivity (Wildman–Crippen MR) is 70.4 cm³/mol. The number of benzene rings is 1. The maximum Gasteiger partial charge on any atom is 0.312 e. The number of halogens is 1. The van der Waals surface area contributed by atoms with Gasteiger partial charge in [-0.3, -0.25) is 10.1 Å². The van der Waals surface area contributed by atoms with Crippen LogP contribution in [0.1, 0.15) is 0 Å². The minimum Gasteiger partial charge on any atom is -0.490 e. The highest BCUT2D eigenvalue weighted by molar-refractivity contribution is 9.10. The van der Waals surface area contributed by atoms with E-state index in [1.165, 1.54) is 13.2 Å². The lowest BCUT2D eigenvalue weighted by Gasteiger charge is -2.29. The normalized spacial score (nSPS) is 15.6. The smallest absolute Gasteiger partial charge is 0.312 e. The van der Waals surface area contributed by atoms with Gasteiger partial charge in [-0.05, 0) is 15.9 Å². The lowest BCUT2D eigenvalue weighted by atomic mass is 10.2. The van der Waals surface area contributed by atoms with Gasteiger partial charge in [0.05, 0.1) is 30.9 Å². The summed E-state index contributed by atoms with van der Waals surface area (Å²) in [4.78, 5) is 12.6. The Morgan fingerprint density at radius 3 is 2.67 bits per heavy atom. The van der Waals surface area contributed by atoms with Crippen LogP contribution in [-0.4, -0.2) is 38.3 Å². The van der Waals surface area contributed by atoms with Crippen molar-refractivity contribution in [1.82, 2.24) is 0 Å². The number of methoxy groups -OCH3 is 1. The summed E-state index contributed by atoms with van der Waals surface area (Å²) in [6, 6.07) is 3.16. The molecule has 0 unspecified atom stereocenters. The summed E-state index contributed by atoms with van der Waals surface area (Å²) in [5.74, 6) is 0.268. The predicted octanol–water partition coefficient (Wildman–Crippen LogP) is 2.20. The van der Waals surface area contributed by atoms with E-state index in [2.05, 4.69) is 20.8 Å². The van der Waals surface area contributed by atoms with Crippen LogP contribution in [0.3, 0.4) is 0 Å². The quantitative estimate of drug-likeness (QED) is 0.632. The van der Waals surface area contributed by atoms with Gasteiger partial charge in [0, 0.05) is 29.7 Å². The standard InChI is InChI=1S/C11H13BrN2O4/c1-17-11-7-9(13-2-4-18-5-3-13)8(12)6-10(11)14(15)16/h6-7H,2-5H2,1H3. The fraction of sp³-hybridized carbons (Fsp3) is 0.455. The number of nitrogens with zero attached hydrogens (tertiary/aromatic N) is 2. The number of nitro benzene ring substituents is 1. The van der Waals surface area contributed by atoms with Crippen LogP contribution in [0, 0.1) is 10.1 Å². The minimum absolute atomic E-state index is 0.0404. The van der Waals surface area contributed by atoms with Crippen molar-refractivity contribution in [2.75, 3.05) is 38.3 Å². The first-order valence-corrected chi connectivity index (χ1v) is 6.27. The van der Waals surface area contributed by atoms with Crippen LogP contribution in [-0.2, 0) is 4.74 Å². The van der Waals surface area contributed by atoms with Crippen molar-refractivity contribution in [2.45, 2.75) is 0 Å². The van der Waals surface area contributed by atoms with Crippen LogP contribution in [0.25, 0.3) is 0 Å². The molecular weight excluding hydrogens is 304 g/mol. The molecule has 1 aliphatic rings. The van der Waals surface area contributed by atoms with Crippen molar-refractivity contribution >= 4 is 27.3 Å². The summed E-state index contributed by atoms with van der Waals surface area (Å²) in [6.07, 6.45) is 0. The van der Waals surface area contributed by atoms with Gasteiger partial charge in [0.2, 0.25) is 0 Å². The fourth-order valence-corrected chi connectivity index (χ4v) is 2.47. The van der Waals surface area contributed by atoms with E-state index < -0.39 is 4.92 Å². The second kappa shape index (κ2) is 5.53. The third kappa shape index (κ3) is 2.56. The topological polar surface area (TPSA) is 64.8 Å². The largest absolute Gasteiger partial charge is 0.490 e. The Balaban J connectivity index is 2.39. The molecule has 7 heteroatoms. The van der Waals surface area contributed by atoms with Gasteiger partial charge in [-0.15, -0.1) is 0 Å². The highest BCUT2D eigenvalue weighted by Crippen LogP contribution is 2.38. The van der Waals surface area contributed by atoms with Crippen molar-refractivity contribution in [3.8, 4) is 5.75 Å². The van der Waals surface area contributed by atoms with Crippen molar-refractivity contribution < 1.29 is 14.4 Å². The molecule has 0 aliphatic carbocycles. The molecule has 1 aliphatic heterocycles. The lowest BCUT2D eigenvalue weighted by molar-refractivity contribution is -0.385. The van der Waals surface area contributed by atoms with E-state index in [1.807, 2.05) is 0 Å². The molecule has 0 radical (unpaired) electrons. The van der Waals surface area contributed by atoms with Gasteiger partial charge in [-0.1, -0.05) is 0 Å². The zero-order valence-electron chi connectivity index (χ0n) is 9.89. The third-order valence-corrected chi connectivity index (χ3v) is 3.43. The Hall–Kier alpha value is -1.34. The fourth-order valence-electron chi connectivity index (χ4n) is 1.88. The number of ether oxygens (including phenoxy) is 2. The number of hydrogen-bond donors (Lipinski definition) is 0. The van der Waals surface area contributed by atoms with Crippen LogP contribution in [0.15, 0.2) is 16.6 Å². The zero-order chi connectivity index (χ0) is 13.1. The van der Waals surface area contributed by atoms with Crippen molar-refractivity contribution in [1.29, 1.82) is 0 Å². The van der Waals surface area contributed by atoms with Gasteiger partial charge in [0.1, 0.15) is 0 Å². The Morgan fingerprint density at radius 2 is 2.11 bits per heavy atom. The van der Waals surface area contributed by atoms with E-state index in [0.29, 0.717) is 17.7 Å². The van der Waals surface area contributed by atoms with Crippen LogP contribution in [0.2, 0.25) is 0 Å². The molecule has 0 atom stereocenters. The molecule has 0 N–H and O–H groups in total. The van der Waals surface area contributed by atoms with Gasteiger partial charge < -0.3 is 14.4 Å². The highest BCUT2D eigenvalue weighted by atomic mass is 79.9. The molecule has 0 spiro atoms. The summed E-state index contributed by atoms with van der Waals surface area (Å²) in [5, 5.41) is 10.9. The number of nitro groups is 1. The third-order valence-electron chi connectivity index (χ3n) is 2.80. The maximum atomic E-state index is 10.9. The molecule has 1 heterocycles. The van der Waals surface area contributed by atoms with Gasteiger partial charge in [-0.2, -0.15) is 0 Å². The van der Waals surface area contributed by atoms with Crippen molar-refractivity contribution in [2.24, 2.45) is 0 Å². The molecule has 1 aromatic carbocycles. The number of morpholine rings is 1. The van der Waals surface area contributed by atoms with Crippen molar-refractivity contribution in [3.63, 3.8) is 0 Å². The maximum absolute atomic E-state index is 10.9. The molecule has 6 nitrogen and oxygen atoms in total. The average Bonchev–Trinajstić information content (AvgIpc) is 2.39. The SMILES string of the molecule is COc1cc(N2CCOCC2)c(Br)cc1[N+](=O)[O-]. The first-order valence-electron chi connectivity index (χ1n) is 5.48. The monoisotopic (exact) mass is 316 g/mol. The summed E-state index contributed by atoms with van der Waals surface area (Å²) < 4.78 is 11.0. The van der Waals surface area contributed by atoms with E-state index >= 15 is 0 Å². The highest BCUT2D eigenvalue weighted by Gasteiger charge is 2.21. The van der Waals surface area contributed by atoms with Gasteiger partial charge >= 0.3 is 5.69 Å². The summed E-state index contributed by atoms with van der Waals surface area (Å²) >= 11 is 3.37. The molecule has 0 amide bonds. The van der Waals surface area contributed by atoms with E-state index in [-0.39, 0.29) is 11.4 Å². The molecule has 98 valence electrons. The molecule has 0 bridgehead atoms. The minimum atomic E-state index is -0.452. The molecular formula is C11H13BrN2O4. The van der Waals surface area contributed by atoms with E-state index in [4.69, 9.17) is 9.47 Å². The van der Waals surface area contributed by atoms with Gasteiger partial charge in [0.25, 0.3) is 0 Å². The lowest BCUT2D eigenvalue weighted by Crippen LogP contribution is -2.36.